The second-order valence-corrected chi connectivity index (χ2v) is 9.84. The number of nitrogens with one attached hydrogen (secondary N) is 2. The highest BCUT2D eigenvalue weighted by molar-refractivity contribution is 14.0. The van der Waals surface area contributed by atoms with Crippen molar-refractivity contribution in [1.82, 2.24) is 10.6 Å². The molecule has 3 aliphatic carbocycles. The van der Waals surface area contributed by atoms with Crippen LogP contribution in [0.3, 0.4) is 0 Å². The molecule has 0 aromatic carbocycles. The zero-order valence-corrected chi connectivity index (χ0v) is 19.6. The van der Waals surface area contributed by atoms with Gasteiger partial charge in [-0.3, -0.25) is 9.20 Å². The number of aliphatic imine (C=N–C) groups is 1. The molecular formula is C19H36IN3O2S. The standard InChI is InChI=1S/C19H35N3O2S.HI/c1-4-24-17-13-16(19(17)10-7-11-19)22-18(20-3)21-14-8-6-9-15(12-14)25(23)5-2;/h14-17H,4-13H2,1-3H3,(H2,20,21,22);1H. The van der Waals surface area contributed by atoms with Crippen LogP contribution in [0.25, 0.3) is 0 Å². The van der Waals surface area contributed by atoms with Crippen LogP contribution in [0.15, 0.2) is 4.99 Å². The lowest BCUT2D eigenvalue weighted by Gasteiger charge is -2.61. The third-order valence-electron chi connectivity index (χ3n) is 6.60. The van der Waals surface area contributed by atoms with Gasteiger partial charge in [0, 0.05) is 53.0 Å². The molecule has 3 fully saturated rings. The molecule has 3 saturated carbocycles. The van der Waals surface area contributed by atoms with Crippen LogP contribution in [-0.4, -0.2) is 53.0 Å². The van der Waals surface area contributed by atoms with E-state index in [1.807, 2.05) is 14.0 Å². The maximum atomic E-state index is 12.2. The summed E-state index contributed by atoms with van der Waals surface area (Å²) in [5.74, 6) is 1.69. The first-order valence-electron chi connectivity index (χ1n) is 10.1. The monoisotopic (exact) mass is 497 g/mol. The molecular weight excluding hydrogens is 461 g/mol. The maximum Gasteiger partial charge on any atom is 0.191 e. The predicted molar refractivity (Wildman–Crippen MR) is 120 cm³/mol. The topological polar surface area (TPSA) is 62.7 Å². The largest absolute Gasteiger partial charge is 0.378 e. The zero-order chi connectivity index (χ0) is 17.9. The Balaban J connectivity index is 0.00000243. The zero-order valence-electron chi connectivity index (χ0n) is 16.5. The first-order valence-corrected chi connectivity index (χ1v) is 11.5. The average molecular weight is 497 g/mol. The highest BCUT2D eigenvalue weighted by Crippen LogP contribution is 2.57. The van der Waals surface area contributed by atoms with Crippen molar-refractivity contribution in [2.45, 2.75) is 88.7 Å². The molecule has 5 atom stereocenters. The summed E-state index contributed by atoms with van der Waals surface area (Å²) in [6.07, 6.45) is 9.78. The SMILES string of the molecule is CCOC1CC(NC(=NC)NC2CCCC(S(=O)CC)C2)C12CCC2.I. The summed E-state index contributed by atoms with van der Waals surface area (Å²) < 4.78 is 18.1. The molecule has 0 aromatic rings. The van der Waals surface area contributed by atoms with Gasteiger partial charge >= 0.3 is 0 Å². The quantitative estimate of drug-likeness (QED) is 0.336. The van der Waals surface area contributed by atoms with Crippen LogP contribution in [-0.2, 0) is 15.5 Å². The van der Waals surface area contributed by atoms with Gasteiger partial charge in [0.2, 0.25) is 0 Å². The van der Waals surface area contributed by atoms with Crippen molar-refractivity contribution < 1.29 is 8.95 Å². The summed E-state index contributed by atoms with van der Waals surface area (Å²) >= 11 is 0. The second kappa shape index (κ2) is 10.0. The van der Waals surface area contributed by atoms with Crippen molar-refractivity contribution in [3.05, 3.63) is 0 Å². The predicted octanol–water partition coefficient (Wildman–Crippen LogP) is 3.20. The molecule has 2 N–H and O–H groups in total. The van der Waals surface area contributed by atoms with Crippen LogP contribution in [0.1, 0.15) is 65.2 Å². The Morgan fingerprint density at radius 2 is 1.96 bits per heavy atom. The van der Waals surface area contributed by atoms with E-state index in [4.69, 9.17) is 4.74 Å². The Bertz CT molecular complexity index is 513. The summed E-state index contributed by atoms with van der Waals surface area (Å²) in [4.78, 5) is 4.47. The number of halogens is 1. The highest BCUT2D eigenvalue weighted by atomic mass is 127. The molecule has 5 unspecified atom stereocenters. The van der Waals surface area contributed by atoms with Gasteiger partial charge in [-0.2, -0.15) is 0 Å². The van der Waals surface area contributed by atoms with E-state index in [0.717, 1.165) is 50.4 Å². The number of rotatable bonds is 6. The molecule has 5 nitrogen and oxygen atoms in total. The molecule has 1 spiro atoms. The van der Waals surface area contributed by atoms with Crippen molar-refractivity contribution in [3.63, 3.8) is 0 Å². The lowest BCUT2D eigenvalue weighted by atomic mass is 9.51. The van der Waals surface area contributed by atoms with Crippen molar-refractivity contribution in [2.24, 2.45) is 10.4 Å². The van der Waals surface area contributed by atoms with Crippen LogP contribution >= 0.6 is 24.0 Å². The Kier molecular flexibility index (Phi) is 8.66. The number of ether oxygens (including phenoxy) is 1. The van der Waals surface area contributed by atoms with Gasteiger partial charge in [0.1, 0.15) is 0 Å². The molecule has 0 amide bonds. The van der Waals surface area contributed by atoms with Gasteiger partial charge < -0.3 is 15.4 Å². The van der Waals surface area contributed by atoms with E-state index in [1.54, 1.807) is 0 Å². The summed E-state index contributed by atoms with van der Waals surface area (Å²) in [6, 6.07) is 0.869. The number of guanidine groups is 1. The van der Waals surface area contributed by atoms with Gasteiger partial charge in [0.15, 0.2) is 5.96 Å². The van der Waals surface area contributed by atoms with Gasteiger partial charge in [0.05, 0.1) is 6.10 Å². The Morgan fingerprint density at radius 1 is 1.19 bits per heavy atom. The van der Waals surface area contributed by atoms with Crippen LogP contribution in [0.5, 0.6) is 0 Å². The van der Waals surface area contributed by atoms with Gasteiger partial charge in [-0.25, -0.2) is 0 Å². The lowest BCUT2D eigenvalue weighted by molar-refractivity contribution is -0.168. The van der Waals surface area contributed by atoms with E-state index >= 15 is 0 Å². The van der Waals surface area contributed by atoms with E-state index < -0.39 is 10.8 Å². The van der Waals surface area contributed by atoms with Crippen LogP contribution in [0.2, 0.25) is 0 Å². The first-order chi connectivity index (χ1) is 12.1. The minimum absolute atomic E-state index is 0. The molecule has 7 heteroatoms. The van der Waals surface area contributed by atoms with E-state index in [2.05, 4.69) is 22.5 Å². The van der Waals surface area contributed by atoms with Crippen molar-refractivity contribution >= 4 is 40.7 Å². The Labute approximate surface area is 178 Å². The molecule has 152 valence electrons. The average Bonchev–Trinajstić information content (AvgIpc) is 2.57. The molecule has 26 heavy (non-hydrogen) atoms. The number of nitrogens with zero attached hydrogens (tertiary/aromatic N) is 1. The minimum Gasteiger partial charge on any atom is -0.378 e. The van der Waals surface area contributed by atoms with Gasteiger partial charge in [-0.1, -0.05) is 19.8 Å². The fourth-order valence-corrected chi connectivity index (χ4v) is 6.27. The summed E-state index contributed by atoms with van der Waals surface area (Å²) in [5, 5.41) is 7.63. The molecule has 0 aliphatic heterocycles. The molecule has 0 bridgehead atoms. The molecule has 3 aliphatic rings. The van der Waals surface area contributed by atoms with Crippen molar-refractivity contribution in [2.75, 3.05) is 19.4 Å². The van der Waals surface area contributed by atoms with Crippen LogP contribution in [0, 0.1) is 5.41 Å². The smallest absolute Gasteiger partial charge is 0.191 e. The summed E-state index contributed by atoms with van der Waals surface area (Å²) in [7, 11) is 1.17. The Hall–Kier alpha value is 0.110. The van der Waals surface area contributed by atoms with E-state index in [9.17, 15) is 4.21 Å². The maximum absolute atomic E-state index is 12.2. The summed E-state index contributed by atoms with van der Waals surface area (Å²) in [6.45, 7) is 4.93. The third kappa shape index (κ3) is 4.57. The van der Waals surface area contributed by atoms with E-state index in [-0.39, 0.29) is 24.0 Å². The van der Waals surface area contributed by atoms with Crippen molar-refractivity contribution in [1.29, 1.82) is 0 Å². The van der Waals surface area contributed by atoms with Gasteiger partial charge in [0.25, 0.3) is 0 Å². The number of hydrogen-bond donors (Lipinski definition) is 2. The van der Waals surface area contributed by atoms with Crippen LogP contribution < -0.4 is 10.6 Å². The van der Waals surface area contributed by atoms with Gasteiger partial charge in [-0.15, -0.1) is 24.0 Å². The third-order valence-corrected chi connectivity index (χ3v) is 8.34. The number of hydrogen-bond acceptors (Lipinski definition) is 3. The van der Waals surface area contributed by atoms with E-state index in [1.165, 1.54) is 19.3 Å². The molecule has 0 heterocycles. The second-order valence-electron chi connectivity index (χ2n) is 7.83. The van der Waals surface area contributed by atoms with Gasteiger partial charge in [-0.05, 0) is 45.4 Å². The highest BCUT2D eigenvalue weighted by Gasteiger charge is 2.59. The molecule has 3 rings (SSSR count). The fraction of sp³-hybridized carbons (Fsp3) is 0.947. The van der Waals surface area contributed by atoms with E-state index in [0.29, 0.717) is 28.9 Å². The normalized spacial score (nSPS) is 34.2. The first kappa shape index (κ1) is 22.4. The molecule has 0 saturated heterocycles. The molecule has 0 radical (unpaired) electrons. The van der Waals surface area contributed by atoms with Crippen LogP contribution in [0.4, 0.5) is 0 Å². The molecule has 0 aromatic heterocycles. The summed E-state index contributed by atoms with van der Waals surface area (Å²) in [5.41, 5.74) is 0.340. The Morgan fingerprint density at radius 3 is 2.54 bits per heavy atom. The van der Waals surface area contributed by atoms with Crippen molar-refractivity contribution in [3.8, 4) is 0 Å². The lowest BCUT2D eigenvalue weighted by Crippen LogP contribution is -2.69. The fourth-order valence-electron chi connectivity index (χ4n) is 4.92. The minimum atomic E-state index is -0.681.